The van der Waals surface area contributed by atoms with Crippen molar-refractivity contribution in [3.05, 3.63) is 58.6 Å². The maximum Gasteiger partial charge on any atom is 0.310 e. The van der Waals surface area contributed by atoms with Gasteiger partial charge in [0.05, 0.1) is 11.5 Å². The third-order valence-corrected chi connectivity index (χ3v) is 4.12. The summed E-state index contributed by atoms with van der Waals surface area (Å²) in [4.78, 5) is 22.8. The maximum atomic E-state index is 12.3. The average molecular weight is 386 g/mol. The van der Waals surface area contributed by atoms with Crippen LogP contribution < -0.4 is 14.8 Å². The van der Waals surface area contributed by atoms with Crippen LogP contribution in [0.25, 0.3) is 0 Å². The highest BCUT2D eigenvalue weighted by Crippen LogP contribution is 2.27. The van der Waals surface area contributed by atoms with Crippen LogP contribution in [0.4, 0.5) is 11.4 Å². The van der Waals surface area contributed by atoms with Gasteiger partial charge in [0.25, 0.3) is 5.91 Å². The molecule has 2 aromatic carbocycles. The minimum atomic E-state index is -0.893. The van der Waals surface area contributed by atoms with Crippen molar-refractivity contribution in [1.29, 1.82) is 0 Å². The number of nitrogens with one attached hydrogen (secondary N) is 1. The molecular formula is C21H26N2O5. The predicted molar refractivity (Wildman–Crippen MR) is 108 cm³/mol. The SMILES string of the molecule is CCCCCCOc1ccc(NC(=O)C(C)Oc2ccccc2[N+](=O)[O-])cc1. The van der Waals surface area contributed by atoms with Gasteiger partial charge in [-0.1, -0.05) is 38.3 Å². The number of para-hydroxylation sites is 2. The zero-order valence-corrected chi connectivity index (χ0v) is 16.2. The summed E-state index contributed by atoms with van der Waals surface area (Å²) < 4.78 is 11.1. The number of carbonyl (C=O) groups is 1. The molecule has 1 amide bonds. The zero-order valence-electron chi connectivity index (χ0n) is 16.2. The molecule has 1 N–H and O–H groups in total. The number of rotatable bonds is 11. The highest BCUT2D eigenvalue weighted by atomic mass is 16.6. The lowest BCUT2D eigenvalue weighted by Crippen LogP contribution is -2.30. The first-order valence-corrected chi connectivity index (χ1v) is 9.45. The van der Waals surface area contributed by atoms with Crippen LogP contribution in [0.3, 0.4) is 0 Å². The van der Waals surface area contributed by atoms with Crippen molar-refractivity contribution in [2.24, 2.45) is 0 Å². The Kier molecular flexibility index (Phi) is 8.27. The number of nitrogens with zero attached hydrogens (tertiary/aromatic N) is 1. The fraction of sp³-hybridized carbons (Fsp3) is 0.381. The molecule has 2 aromatic rings. The summed E-state index contributed by atoms with van der Waals surface area (Å²) in [5.41, 5.74) is 0.420. The van der Waals surface area contributed by atoms with E-state index in [4.69, 9.17) is 9.47 Å². The number of anilines is 1. The molecule has 7 nitrogen and oxygen atoms in total. The summed E-state index contributed by atoms with van der Waals surface area (Å²) in [6, 6.07) is 13.0. The molecule has 2 rings (SSSR count). The average Bonchev–Trinajstić information content (AvgIpc) is 2.69. The molecule has 0 aliphatic heterocycles. The second-order valence-electron chi connectivity index (χ2n) is 6.41. The molecule has 0 saturated carbocycles. The first-order chi connectivity index (χ1) is 13.5. The number of benzene rings is 2. The highest BCUT2D eigenvalue weighted by molar-refractivity contribution is 5.94. The Bertz CT molecular complexity index is 777. The van der Waals surface area contributed by atoms with Gasteiger partial charge in [-0.15, -0.1) is 0 Å². The van der Waals surface area contributed by atoms with Gasteiger partial charge in [-0.25, -0.2) is 0 Å². The molecule has 150 valence electrons. The number of hydrogen-bond donors (Lipinski definition) is 1. The molecule has 0 aromatic heterocycles. The molecular weight excluding hydrogens is 360 g/mol. The van der Waals surface area contributed by atoms with Gasteiger partial charge in [0.2, 0.25) is 0 Å². The molecule has 28 heavy (non-hydrogen) atoms. The molecule has 0 saturated heterocycles. The quantitative estimate of drug-likeness (QED) is 0.335. The molecule has 0 aliphatic carbocycles. The van der Waals surface area contributed by atoms with E-state index in [0.29, 0.717) is 12.3 Å². The summed E-state index contributed by atoms with van der Waals surface area (Å²) in [6.07, 6.45) is 3.68. The van der Waals surface area contributed by atoms with Crippen LogP contribution in [0, 0.1) is 10.1 Å². The fourth-order valence-corrected chi connectivity index (χ4v) is 2.55. The Labute approximate surface area is 164 Å². The number of ether oxygens (including phenoxy) is 2. The third-order valence-electron chi connectivity index (χ3n) is 4.12. The molecule has 0 fully saturated rings. The maximum absolute atomic E-state index is 12.3. The van der Waals surface area contributed by atoms with E-state index < -0.39 is 16.9 Å². The van der Waals surface area contributed by atoms with E-state index in [1.807, 2.05) is 0 Å². The van der Waals surface area contributed by atoms with Gasteiger partial charge in [-0.05, 0) is 43.7 Å². The lowest BCUT2D eigenvalue weighted by Gasteiger charge is -2.15. The summed E-state index contributed by atoms with van der Waals surface area (Å²) in [5.74, 6) is 0.409. The second kappa shape index (κ2) is 10.9. The Hall–Kier alpha value is -3.09. The monoisotopic (exact) mass is 386 g/mol. The molecule has 1 unspecified atom stereocenters. The summed E-state index contributed by atoms with van der Waals surface area (Å²) in [6.45, 7) is 4.38. The van der Waals surface area contributed by atoms with E-state index in [-0.39, 0.29) is 11.4 Å². The minimum absolute atomic E-state index is 0.0574. The topological polar surface area (TPSA) is 90.7 Å². The number of hydrogen-bond acceptors (Lipinski definition) is 5. The van der Waals surface area contributed by atoms with Crippen LogP contribution >= 0.6 is 0 Å². The van der Waals surface area contributed by atoms with Crippen molar-refractivity contribution in [1.82, 2.24) is 0 Å². The van der Waals surface area contributed by atoms with Crippen molar-refractivity contribution >= 4 is 17.3 Å². The van der Waals surface area contributed by atoms with Gasteiger partial charge in [-0.3, -0.25) is 14.9 Å². The lowest BCUT2D eigenvalue weighted by atomic mass is 10.2. The van der Waals surface area contributed by atoms with Gasteiger partial charge >= 0.3 is 5.69 Å². The van der Waals surface area contributed by atoms with E-state index in [2.05, 4.69) is 12.2 Å². The standard InChI is InChI=1S/C21H26N2O5/c1-3-4-5-8-15-27-18-13-11-17(12-14-18)22-21(24)16(2)28-20-10-7-6-9-19(20)23(25)26/h6-7,9-14,16H,3-5,8,15H2,1-2H3,(H,22,24). The van der Waals surface area contributed by atoms with Crippen molar-refractivity contribution in [3.8, 4) is 11.5 Å². The van der Waals surface area contributed by atoms with Crippen molar-refractivity contribution in [2.75, 3.05) is 11.9 Å². The van der Waals surface area contributed by atoms with E-state index in [1.165, 1.54) is 25.0 Å². The Morgan fingerprint density at radius 3 is 2.50 bits per heavy atom. The van der Waals surface area contributed by atoms with Gasteiger partial charge in [0.15, 0.2) is 11.9 Å². The van der Waals surface area contributed by atoms with E-state index in [9.17, 15) is 14.9 Å². The number of amides is 1. The first-order valence-electron chi connectivity index (χ1n) is 9.45. The van der Waals surface area contributed by atoms with E-state index in [0.717, 1.165) is 18.6 Å². The van der Waals surface area contributed by atoms with Gasteiger partial charge in [-0.2, -0.15) is 0 Å². The molecule has 0 heterocycles. The number of nitro benzene ring substituents is 1. The smallest absolute Gasteiger partial charge is 0.310 e. The molecule has 0 bridgehead atoms. The van der Waals surface area contributed by atoms with Crippen molar-refractivity contribution in [3.63, 3.8) is 0 Å². The van der Waals surface area contributed by atoms with Crippen LogP contribution in [-0.2, 0) is 4.79 Å². The molecule has 1 atom stereocenters. The molecule has 0 spiro atoms. The van der Waals surface area contributed by atoms with Crippen molar-refractivity contribution < 1.29 is 19.2 Å². The van der Waals surface area contributed by atoms with Crippen LogP contribution in [0.5, 0.6) is 11.5 Å². The van der Waals surface area contributed by atoms with Gasteiger partial charge in [0, 0.05) is 11.8 Å². The minimum Gasteiger partial charge on any atom is -0.494 e. The largest absolute Gasteiger partial charge is 0.494 e. The molecule has 0 radical (unpaired) electrons. The first kappa shape index (κ1) is 21.2. The zero-order chi connectivity index (χ0) is 20.4. The molecule has 7 heteroatoms. The number of unbranched alkanes of at least 4 members (excludes halogenated alkanes) is 3. The summed E-state index contributed by atoms with van der Waals surface area (Å²) in [5, 5.41) is 13.8. The Morgan fingerprint density at radius 2 is 1.82 bits per heavy atom. The Morgan fingerprint density at radius 1 is 1.11 bits per heavy atom. The number of nitro groups is 1. The highest BCUT2D eigenvalue weighted by Gasteiger charge is 2.20. The Balaban J connectivity index is 1.86. The third kappa shape index (κ3) is 6.57. The van der Waals surface area contributed by atoms with E-state index >= 15 is 0 Å². The number of carbonyl (C=O) groups excluding carboxylic acids is 1. The van der Waals surface area contributed by atoms with Crippen LogP contribution in [0.15, 0.2) is 48.5 Å². The predicted octanol–water partition coefficient (Wildman–Crippen LogP) is 4.96. The van der Waals surface area contributed by atoms with Crippen molar-refractivity contribution in [2.45, 2.75) is 45.6 Å². The van der Waals surface area contributed by atoms with E-state index in [1.54, 1.807) is 43.3 Å². The molecule has 0 aliphatic rings. The lowest BCUT2D eigenvalue weighted by molar-refractivity contribution is -0.386. The fourth-order valence-electron chi connectivity index (χ4n) is 2.55. The normalized spacial score (nSPS) is 11.5. The van der Waals surface area contributed by atoms with Crippen LogP contribution in [0.1, 0.15) is 39.5 Å². The summed E-state index contributed by atoms with van der Waals surface area (Å²) >= 11 is 0. The van der Waals surface area contributed by atoms with Crippen LogP contribution in [-0.4, -0.2) is 23.5 Å². The summed E-state index contributed by atoms with van der Waals surface area (Å²) in [7, 11) is 0. The second-order valence-corrected chi connectivity index (χ2v) is 6.41. The van der Waals surface area contributed by atoms with Gasteiger partial charge < -0.3 is 14.8 Å². The van der Waals surface area contributed by atoms with Gasteiger partial charge in [0.1, 0.15) is 5.75 Å². The van der Waals surface area contributed by atoms with Crippen LogP contribution in [0.2, 0.25) is 0 Å².